The molecule has 0 spiro atoms. The van der Waals surface area contributed by atoms with Crippen LogP contribution in [0.1, 0.15) is 214 Å². The van der Waals surface area contributed by atoms with Crippen molar-refractivity contribution in [2.24, 2.45) is 0 Å². The van der Waals surface area contributed by atoms with E-state index in [1.54, 1.807) is 6.08 Å². The molecule has 6 saturated heterocycles. The molecule has 0 aromatic rings. The second kappa shape index (κ2) is 49.3. The van der Waals surface area contributed by atoms with Crippen molar-refractivity contribution in [2.75, 3.05) is 33.0 Å². The first-order valence-corrected chi connectivity index (χ1v) is 39.7. The van der Waals surface area contributed by atoms with Gasteiger partial charge in [0.15, 0.2) is 37.7 Å². The average Bonchev–Trinajstić information content (AvgIpc) is 0.760. The summed E-state index contributed by atoms with van der Waals surface area (Å²) in [5.74, 6) is -1.24. The fourth-order valence-corrected chi connectivity index (χ4v) is 14.6. The molecule has 6 heterocycles. The lowest BCUT2D eigenvalue weighted by Gasteiger charge is -2.52. The van der Waals surface area contributed by atoms with Crippen molar-refractivity contribution in [3.8, 4) is 0 Å². The molecule has 2 amide bonds. The van der Waals surface area contributed by atoms with Crippen LogP contribution in [-0.4, -0.2) is 328 Å². The molecule has 32 atom stereocenters. The molecule has 12 unspecified atom stereocenters. The molecular formula is C74H134N2O31. The molecular weight excluding hydrogens is 1410 g/mol. The molecule has 19 N–H and O–H groups in total. The number of amides is 2. The van der Waals surface area contributed by atoms with E-state index in [0.717, 1.165) is 58.3 Å². The average molecular weight is 1550 g/mol. The highest BCUT2D eigenvalue weighted by Crippen LogP contribution is 2.39. The van der Waals surface area contributed by atoms with Gasteiger partial charge in [-0.05, 0) is 33.1 Å². The molecule has 33 nitrogen and oxygen atoms in total. The Bertz CT molecular complexity index is 2440. The molecule has 0 aromatic heterocycles. The highest BCUT2D eigenvalue weighted by Gasteiger charge is 2.59. The predicted molar refractivity (Wildman–Crippen MR) is 379 cm³/mol. The third-order valence-electron chi connectivity index (χ3n) is 21.2. The normalized spacial score (nSPS) is 38.4. The van der Waals surface area contributed by atoms with Crippen LogP contribution in [0.2, 0.25) is 0 Å². The zero-order chi connectivity index (χ0) is 78.3. The van der Waals surface area contributed by atoms with Crippen molar-refractivity contribution in [3.63, 3.8) is 0 Å². The van der Waals surface area contributed by atoms with Crippen molar-refractivity contribution in [1.82, 2.24) is 10.6 Å². The van der Waals surface area contributed by atoms with E-state index in [-0.39, 0.29) is 12.3 Å². The topological polar surface area (TPSA) is 513 Å². The minimum atomic E-state index is -2.24. The first-order chi connectivity index (χ1) is 51.3. The molecule has 0 bridgehead atoms. The Hall–Kier alpha value is -2.48. The number of unbranched alkanes of at least 4 members (excludes halogenated alkanes) is 25. The maximum atomic E-state index is 13.6. The van der Waals surface area contributed by atoms with Gasteiger partial charge in [0.25, 0.3) is 0 Å². The van der Waals surface area contributed by atoms with E-state index < -0.39 is 235 Å². The van der Waals surface area contributed by atoms with Gasteiger partial charge in [-0.3, -0.25) is 9.59 Å². The zero-order valence-electron chi connectivity index (χ0n) is 63.3. The SMILES string of the molecule is CCCCCCCCCCCCC/C=C/[C@@H](O)[C@H](CO[C@@H]1OC(CO)[C@@H](O[C@@H]2OC(CO)[C@H](O)[C@H](O[C@@H]3OC(CO)[C@@H](O[C@@H]4OC(CO)[C@H](O)[C@H](O)C4O[C@H]4OC(C)[C@@H](O)C(O)[C@@H]4O)[C@H](O[C@H]4OC(C)[C@@H](O)C(O)[C@@H]4O)C3NC(C)=O)C2O)[C@H](O)C1O)NC(=O)CCCCCCCCCCCCCCCCC. The number of ether oxygens (including phenoxy) is 12. The minimum absolute atomic E-state index is 0.174. The highest BCUT2D eigenvalue weighted by atomic mass is 16.8. The lowest BCUT2D eigenvalue weighted by atomic mass is 9.93. The van der Waals surface area contributed by atoms with Crippen molar-refractivity contribution in [2.45, 2.75) is 411 Å². The van der Waals surface area contributed by atoms with Crippen molar-refractivity contribution in [1.29, 1.82) is 0 Å². The van der Waals surface area contributed by atoms with Crippen molar-refractivity contribution >= 4 is 11.8 Å². The van der Waals surface area contributed by atoms with Crippen LogP contribution in [0.15, 0.2) is 12.2 Å². The first-order valence-electron chi connectivity index (χ1n) is 39.7. The number of hydrogen-bond acceptors (Lipinski definition) is 31. The number of nitrogens with one attached hydrogen (secondary N) is 2. The first kappa shape index (κ1) is 93.4. The van der Waals surface area contributed by atoms with E-state index in [0.29, 0.717) is 12.8 Å². The molecule has 33 heteroatoms. The Morgan fingerprint density at radius 2 is 0.766 bits per heavy atom. The molecule has 0 aliphatic carbocycles. The second-order valence-electron chi connectivity index (χ2n) is 29.9. The molecule has 6 aliphatic rings. The van der Waals surface area contributed by atoms with Crippen LogP contribution in [0.5, 0.6) is 0 Å². The fraction of sp³-hybridized carbons (Fsp3) is 0.946. The summed E-state index contributed by atoms with van der Waals surface area (Å²) in [5.41, 5.74) is 0. The van der Waals surface area contributed by atoms with Crippen LogP contribution in [0.4, 0.5) is 0 Å². The summed E-state index contributed by atoms with van der Waals surface area (Å²) in [6.45, 7) is 3.56. The molecule has 6 fully saturated rings. The summed E-state index contributed by atoms with van der Waals surface area (Å²) in [5, 5.41) is 195. The van der Waals surface area contributed by atoms with Gasteiger partial charge in [-0.15, -0.1) is 0 Å². The van der Waals surface area contributed by atoms with Crippen LogP contribution < -0.4 is 10.6 Å². The Morgan fingerprint density at radius 3 is 1.26 bits per heavy atom. The van der Waals surface area contributed by atoms with Gasteiger partial charge in [-0.2, -0.15) is 0 Å². The summed E-state index contributed by atoms with van der Waals surface area (Å²) < 4.78 is 72.4. The molecule has 626 valence electrons. The smallest absolute Gasteiger partial charge is 0.220 e. The monoisotopic (exact) mass is 1550 g/mol. The standard InChI is InChI=1S/C74H134N2O31/c1-6-8-10-12-14-16-18-20-21-23-25-27-29-31-33-35-50(83)76-44(45(82)34-32-30-28-26-24-22-19-17-15-13-11-9-7-2)40-96-70-62(94)59(91)64(48(38-79)102-70)103-73-63(95)67(55(87)47(37-78)99-73)106-69-51(75-43(5)81)66(105-71-60(92)56(88)52(84)41(3)97-71)65(49(39-80)101-69)104-74-68(58(90)54(86)46(36-77)100-74)107-72-61(93)57(89)53(85)42(4)98-72/h32,34,41-42,44-49,51-74,77-80,82,84-95H,6-31,33,35-40H2,1-5H3,(H,75,81)(H,76,83)/b34-32+/t41?,42?,44-,45+,46?,47?,48?,49?,51?,52+,53+,54-,55-,56?,57?,58-,59+,60-,61-,62?,63?,64+,65+,66+,67-,68?,69-,70+,71+,72+,73-,74-/m0/s1. The van der Waals surface area contributed by atoms with Crippen LogP contribution in [0, 0.1) is 0 Å². The Labute approximate surface area is 629 Å². The largest absolute Gasteiger partial charge is 0.394 e. The number of aliphatic hydroxyl groups excluding tert-OH is 17. The lowest BCUT2D eigenvalue weighted by Crippen LogP contribution is -2.71. The molecule has 6 aliphatic heterocycles. The number of aliphatic hydroxyl groups is 17. The van der Waals surface area contributed by atoms with Gasteiger partial charge in [0, 0.05) is 13.3 Å². The Morgan fingerprint density at radius 1 is 0.383 bits per heavy atom. The summed E-state index contributed by atoms with van der Waals surface area (Å²) in [6.07, 6.45) is -21.4. The summed E-state index contributed by atoms with van der Waals surface area (Å²) in [6, 6.07) is -2.95. The predicted octanol–water partition coefficient (Wildman–Crippen LogP) is -0.513. The van der Waals surface area contributed by atoms with Gasteiger partial charge in [-0.25, -0.2) is 0 Å². The molecule has 107 heavy (non-hydrogen) atoms. The van der Waals surface area contributed by atoms with E-state index in [2.05, 4.69) is 24.5 Å². The summed E-state index contributed by atoms with van der Waals surface area (Å²) in [4.78, 5) is 27.0. The minimum Gasteiger partial charge on any atom is -0.394 e. The van der Waals surface area contributed by atoms with E-state index in [1.807, 2.05) is 6.08 Å². The molecule has 0 radical (unpaired) electrons. The third-order valence-corrected chi connectivity index (χ3v) is 21.2. The molecule has 0 saturated carbocycles. The fourth-order valence-electron chi connectivity index (χ4n) is 14.6. The maximum Gasteiger partial charge on any atom is 0.220 e. The number of rotatable bonds is 49. The van der Waals surface area contributed by atoms with E-state index in [1.165, 1.54) is 123 Å². The van der Waals surface area contributed by atoms with Gasteiger partial charge in [0.05, 0.1) is 57.4 Å². The van der Waals surface area contributed by atoms with Gasteiger partial charge in [0.1, 0.15) is 134 Å². The third kappa shape index (κ3) is 28.2. The summed E-state index contributed by atoms with van der Waals surface area (Å²) >= 11 is 0. The quantitative estimate of drug-likeness (QED) is 0.0269. The second-order valence-corrected chi connectivity index (χ2v) is 29.9. The summed E-state index contributed by atoms with van der Waals surface area (Å²) in [7, 11) is 0. The van der Waals surface area contributed by atoms with Gasteiger partial charge in [-0.1, -0.05) is 180 Å². The van der Waals surface area contributed by atoms with Crippen molar-refractivity contribution < 1.29 is 153 Å². The van der Waals surface area contributed by atoms with Crippen LogP contribution in [0.25, 0.3) is 0 Å². The van der Waals surface area contributed by atoms with Gasteiger partial charge < -0.3 is 154 Å². The van der Waals surface area contributed by atoms with Crippen molar-refractivity contribution in [3.05, 3.63) is 12.2 Å². The van der Waals surface area contributed by atoms with Crippen LogP contribution >= 0.6 is 0 Å². The number of hydrogen-bond donors (Lipinski definition) is 19. The lowest BCUT2D eigenvalue weighted by molar-refractivity contribution is -0.401. The molecule has 0 aromatic carbocycles. The number of carbonyl (C=O) groups excluding carboxylic acids is 2. The van der Waals surface area contributed by atoms with Gasteiger partial charge in [0.2, 0.25) is 11.8 Å². The van der Waals surface area contributed by atoms with E-state index in [9.17, 15) is 96.4 Å². The highest BCUT2D eigenvalue weighted by molar-refractivity contribution is 5.76. The number of allylic oxidation sites excluding steroid dienone is 1. The van der Waals surface area contributed by atoms with Crippen LogP contribution in [-0.2, 0) is 66.4 Å². The van der Waals surface area contributed by atoms with Gasteiger partial charge >= 0.3 is 0 Å². The van der Waals surface area contributed by atoms with E-state index >= 15 is 0 Å². The Balaban J connectivity index is 1.16. The zero-order valence-corrected chi connectivity index (χ0v) is 63.3. The maximum absolute atomic E-state index is 13.6. The van der Waals surface area contributed by atoms with Crippen LogP contribution in [0.3, 0.4) is 0 Å². The molecule has 6 rings (SSSR count). The van der Waals surface area contributed by atoms with E-state index in [4.69, 9.17) is 56.8 Å². The number of carbonyl (C=O) groups is 2. The Kier molecular flexibility index (Phi) is 43.0.